The highest BCUT2D eigenvalue weighted by molar-refractivity contribution is 6.46. The van der Waals surface area contributed by atoms with Crippen LogP contribution in [0.1, 0.15) is 37.4 Å². The largest absolute Gasteiger partial charge is 0.507 e. The fourth-order valence-corrected chi connectivity index (χ4v) is 3.79. The lowest BCUT2D eigenvalue weighted by atomic mass is 9.95. The number of hydrogen-bond donors (Lipinski definition) is 1. The number of carbonyl (C=O) groups is 2. The predicted octanol–water partition coefficient (Wildman–Crippen LogP) is 3.86. The highest BCUT2D eigenvalue weighted by atomic mass is 16.5. The minimum Gasteiger partial charge on any atom is -0.507 e. The van der Waals surface area contributed by atoms with Crippen LogP contribution in [0.3, 0.4) is 0 Å². The average Bonchev–Trinajstić information content (AvgIpc) is 3.06. The van der Waals surface area contributed by atoms with E-state index in [4.69, 9.17) is 9.47 Å². The van der Waals surface area contributed by atoms with Crippen LogP contribution in [-0.4, -0.2) is 67.0 Å². The summed E-state index contributed by atoms with van der Waals surface area (Å²) in [5, 5.41) is 11.2. The number of likely N-dealkylation sites (tertiary alicyclic amines) is 1. The quantitative estimate of drug-likeness (QED) is 0.335. The van der Waals surface area contributed by atoms with Crippen molar-refractivity contribution >= 4 is 17.4 Å². The van der Waals surface area contributed by atoms with Crippen molar-refractivity contribution < 1.29 is 24.2 Å². The van der Waals surface area contributed by atoms with Crippen molar-refractivity contribution in [3.8, 4) is 11.5 Å². The van der Waals surface area contributed by atoms with Crippen molar-refractivity contribution in [3.63, 3.8) is 0 Å². The van der Waals surface area contributed by atoms with Crippen LogP contribution in [0.2, 0.25) is 0 Å². The topological polar surface area (TPSA) is 79.3 Å². The maximum absolute atomic E-state index is 13.1. The SMILES string of the molecule is CCCOc1cccc([C@@H]2/C(=C(\O)c3ccc(OCC)cc3)C(=O)C(=O)N2CCN(C)C)c1. The molecule has 176 valence electrons. The molecule has 2 aromatic carbocycles. The molecule has 1 saturated heterocycles. The zero-order valence-corrected chi connectivity index (χ0v) is 19.7. The lowest BCUT2D eigenvalue weighted by Gasteiger charge is -2.27. The number of ketones is 1. The summed E-state index contributed by atoms with van der Waals surface area (Å²) in [5.41, 5.74) is 1.25. The molecular weight excluding hydrogens is 420 g/mol. The average molecular weight is 453 g/mol. The van der Waals surface area contributed by atoms with Gasteiger partial charge in [0.25, 0.3) is 11.7 Å². The Balaban J connectivity index is 2.08. The van der Waals surface area contributed by atoms with Crippen molar-refractivity contribution in [3.05, 3.63) is 65.2 Å². The van der Waals surface area contributed by atoms with Crippen LogP contribution in [0.25, 0.3) is 5.76 Å². The van der Waals surface area contributed by atoms with E-state index >= 15 is 0 Å². The fraction of sp³-hybridized carbons (Fsp3) is 0.385. The molecule has 0 saturated carbocycles. The summed E-state index contributed by atoms with van der Waals surface area (Å²) in [6, 6.07) is 13.5. The Morgan fingerprint density at radius 2 is 1.76 bits per heavy atom. The highest BCUT2D eigenvalue weighted by Crippen LogP contribution is 2.40. The number of benzene rings is 2. The highest BCUT2D eigenvalue weighted by Gasteiger charge is 2.46. The number of ether oxygens (including phenoxy) is 2. The molecule has 1 heterocycles. The van der Waals surface area contributed by atoms with Crippen molar-refractivity contribution in [1.82, 2.24) is 9.80 Å². The number of amides is 1. The Kier molecular flexibility index (Phi) is 8.11. The standard InChI is InChI=1S/C26H32N2O5/c1-5-16-33-21-9-7-8-19(17-21)23-22(25(30)26(31)28(23)15-14-27(3)4)24(29)18-10-12-20(13-11-18)32-6-2/h7-13,17,23,29H,5-6,14-16H2,1-4H3/b24-22+/t23-/m1/s1. The van der Waals surface area contributed by atoms with Crippen molar-refractivity contribution in [2.45, 2.75) is 26.3 Å². The molecule has 0 aromatic heterocycles. The smallest absolute Gasteiger partial charge is 0.295 e. The number of carbonyl (C=O) groups excluding carboxylic acids is 2. The molecule has 1 aliphatic rings. The van der Waals surface area contributed by atoms with Crippen LogP contribution in [0.5, 0.6) is 11.5 Å². The number of nitrogens with zero attached hydrogens (tertiary/aromatic N) is 2. The Bertz CT molecular complexity index is 1010. The summed E-state index contributed by atoms with van der Waals surface area (Å²) in [4.78, 5) is 29.6. The normalized spacial score (nSPS) is 17.6. The van der Waals surface area contributed by atoms with E-state index < -0.39 is 17.7 Å². The van der Waals surface area contributed by atoms with Gasteiger partial charge in [0, 0.05) is 18.7 Å². The molecule has 0 spiro atoms. The van der Waals surface area contributed by atoms with Gasteiger partial charge in [-0.05, 0) is 69.4 Å². The van der Waals surface area contributed by atoms with E-state index in [2.05, 4.69) is 0 Å². The van der Waals surface area contributed by atoms with E-state index in [-0.39, 0.29) is 11.3 Å². The van der Waals surface area contributed by atoms with Gasteiger partial charge in [0.15, 0.2) is 0 Å². The van der Waals surface area contributed by atoms with Crippen LogP contribution >= 0.6 is 0 Å². The molecular formula is C26H32N2O5. The van der Waals surface area contributed by atoms with Crippen LogP contribution in [0.4, 0.5) is 0 Å². The van der Waals surface area contributed by atoms with E-state index in [1.165, 1.54) is 4.90 Å². The van der Waals surface area contributed by atoms with E-state index in [0.29, 0.717) is 48.9 Å². The van der Waals surface area contributed by atoms with Gasteiger partial charge in [-0.3, -0.25) is 9.59 Å². The molecule has 0 unspecified atom stereocenters. The predicted molar refractivity (Wildman–Crippen MR) is 127 cm³/mol. The second-order valence-electron chi connectivity index (χ2n) is 8.17. The number of likely N-dealkylation sites (N-methyl/N-ethyl adjacent to an activating group) is 1. The molecule has 2 aromatic rings. The summed E-state index contributed by atoms with van der Waals surface area (Å²) >= 11 is 0. The second-order valence-corrected chi connectivity index (χ2v) is 8.17. The van der Waals surface area contributed by atoms with Gasteiger partial charge in [-0.2, -0.15) is 0 Å². The first-order valence-corrected chi connectivity index (χ1v) is 11.3. The van der Waals surface area contributed by atoms with Crippen LogP contribution in [0.15, 0.2) is 54.1 Å². The van der Waals surface area contributed by atoms with Crippen LogP contribution < -0.4 is 9.47 Å². The van der Waals surface area contributed by atoms with Gasteiger partial charge < -0.3 is 24.4 Å². The number of aliphatic hydroxyl groups is 1. The molecule has 0 radical (unpaired) electrons. The van der Waals surface area contributed by atoms with Crippen molar-refractivity contribution in [1.29, 1.82) is 0 Å². The lowest BCUT2D eigenvalue weighted by Crippen LogP contribution is -2.35. The third kappa shape index (κ3) is 5.54. The number of Topliss-reactive ketones (excluding diaryl/α,β-unsaturated/α-hetero) is 1. The molecule has 1 fully saturated rings. The van der Waals surface area contributed by atoms with Gasteiger partial charge in [-0.1, -0.05) is 19.1 Å². The number of hydrogen-bond acceptors (Lipinski definition) is 6. The van der Waals surface area contributed by atoms with Crippen LogP contribution in [0, 0.1) is 0 Å². The minimum absolute atomic E-state index is 0.0792. The van der Waals surface area contributed by atoms with Gasteiger partial charge in [-0.15, -0.1) is 0 Å². The van der Waals surface area contributed by atoms with Gasteiger partial charge in [0.05, 0.1) is 24.8 Å². The van der Waals surface area contributed by atoms with Gasteiger partial charge in [0.1, 0.15) is 17.3 Å². The molecule has 7 nitrogen and oxygen atoms in total. The minimum atomic E-state index is -0.707. The molecule has 1 N–H and O–H groups in total. The number of aliphatic hydroxyl groups excluding tert-OH is 1. The number of rotatable bonds is 10. The molecule has 0 bridgehead atoms. The monoisotopic (exact) mass is 452 g/mol. The van der Waals surface area contributed by atoms with Gasteiger partial charge in [0.2, 0.25) is 0 Å². The maximum Gasteiger partial charge on any atom is 0.295 e. The Hall–Kier alpha value is -3.32. The Morgan fingerprint density at radius 3 is 2.39 bits per heavy atom. The van der Waals surface area contributed by atoms with Gasteiger partial charge >= 0.3 is 0 Å². The summed E-state index contributed by atoms with van der Waals surface area (Å²) in [7, 11) is 3.81. The molecule has 3 rings (SSSR count). The molecule has 1 atom stereocenters. The fourth-order valence-electron chi connectivity index (χ4n) is 3.79. The molecule has 1 amide bonds. The molecule has 33 heavy (non-hydrogen) atoms. The maximum atomic E-state index is 13.1. The molecule has 1 aliphatic heterocycles. The third-order valence-corrected chi connectivity index (χ3v) is 5.41. The summed E-state index contributed by atoms with van der Waals surface area (Å²) in [6.45, 7) is 5.94. The van der Waals surface area contributed by atoms with E-state index in [1.807, 2.05) is 57.1 Å². The van der Waals surface area contributed by atoms with E-state index in [0.717, 1.165) is 6.42 Å². The first kappa shape index (κ1) is 24.3. The molecule has 7 heteroatoms. The summed E-state index contributed by atoms with van der Waals surface area (Å²) < 4.78 is 11.2. The Labute approximate surface area is 195 Å². The second kappa shape index (κ2) is 11.0. The summed E-state index contributed by atoms with van der Waals surface area (Å²) in [6.07, 6.45) is 0.864. The molecule has 0 aliphatic carbocycles. The van der Waals surface area contributed by atoms with Crippen molar-refractivity contribution in [2.24, 2.45) is 0 Å². The van der Waals surface area contributed by atoms with Gasteiger partial charge in [-0.25, -0.2) is 0 Å². The Morgan fingerprint density at radius 1 is 1.03 bits per heavy atom. The zero-order valence-electron chi connectivity index (χ0n) is 19.7. The van der Waals surface area contributed by atoms with E-state index in [9.17, 15) is 14.7 Å². The first-order valence-electron chi connectivity index (χ1n) is 11.3. The van der Waals surface area contributed by atoms with Crippen LogP contribution in [-0.2, 0) is 9.59 Å². The van der Waals surface area contributed by atoms with E-state index in [1.54, 1.807) is 24.3 Å². The first-order chi connectivity index (χ1) is 15.9. The van der Waals surface area contributed by atoms with Crippen molar-refractivity contribution in [2.75, 3.05) is 40.4 Å². The zero-order chi connectivity index (χ0) is 24.0. The summed E-state index contributed by atoms with van der Waals surface area (Å²) in [5.74, 6) is -0.181. The lowest BCUT2D eigenvalue weighted by molar-refractivity contribution is -0.140. The third-order valence-electron chi connectivity index (χ3n) is 5.41.